The first-order chi connectivity index (χ1) is 14.6. The van der Waals surface area contributed by atoms with Gasteiger partial charge in [-0.1, -0.05) is 60.7 Å². The summed E-state index contributed by atoms with van der Waals surface area (Å²) in [6, 6.07) is 17.6. The molecule has 1 heterocycles. The second kappa shape index (κ2) is 7.44. The number of rotatable bonds is 3. The lowest BCUT2D eigenvalue weighted by Crippen LogP contribution is -2.17. The lowest BCUT2D eigenvalue weighted by Gasteiger charge is -2.14. The zero-order valence-electron chi connectivity index (χ0n) is 15.8. The van der Waals surface area contributed by atoms with E-state index in [0.717, 1.165) is 11.1 Å². The van der Waals surface area contributed by atoms with Crippen molar-refractivity contribution in [3.8, 4) is 0 Å². The Kier molecular flexibility index (Phi) is 5.03. The Hall–Kier alpha value is -3.29. The van der Waals surface area contributed by atoms with Gasteiger partial charge in [-0.15, -0.1) is 0 Å². The van der Waals surface area contributed by atoms with Crippen molar-refractivity contribution < 1.29 is 31.1 Å². The number of hydrogen-bond donors (Lipinski definition) is 0. The topological polar surface area (TPSA) is 20.1 Å². The molecule has 1 fully saturated rings. The summed E-state index contributed by atoms with van der Waals surface area (Å²) in [7, 11) is 0. The maximum Gasteiger partial charge on any atom is 0.416 e. The molecule has 0 N–H and O–H groups in total. The Labute approximate surface area is 173 Å². The molecule has 0 aromatic heterocycles. The molecule has 0 radical (unpaired) electrons. The second-order valence-corrected chi connectivity index (χ2v) is 7.22. The Morgan fingerprint density at radius 3 is 1.39 bits per heavy atom. The molecule has 2 nitrogen and oxygen atoms in total. The lowest BCUT2D eigenvalue weighted by molar-refractivity contribution is -0.143. The van der Waals surface area contributed by atoms with Crippen molar-refractivity contribution in [2.45, 2.75) is 24.4 Å². The Morgan fingerprint density at radius 1 is 0.645 bits per heavy atom. The number of carbonyl (C=O) groups is 1. The normalized spacial score (nSPS) is 18.7. The average Bonchev–Trinajstić information content (AvgIpc) is 3.48. The van der Waals surface area contributed by atoms with Crippen molar-refractivity contribution in [2.75, 3.05) is 0 Å². The summed E-state index contributed by atoms with van der Waals surface area (Å²) in [5, 5.41) is 0. The van der Waals surface area contributed by atoms with Gasteiger partial charge in [0.1, 0.15) is 0 Å². The van der Waals surface area contributed by atoms with Gasteiger partial charge in [0.05, 0.1) is 23.2 Å². The van der Waals surface area contributed by atoms with Crippen LogP contribution < -0.4 is 0 Å². The summed E-state index contributed by atoms with van der Waals surface area (Å²) < 4.78 is 79.2. The van der Waals surface area contributed by atoms with Crippen LogP contribution in [0.3, 0.4) is 0 Å². The summed E-state index contributed by atoms with van der Waals surface area (Å²) >= 11 is 0. The molecule has 8 heteroatoms. The van der Waals surface area contributed by atoms with Gasteiger partial charge in [-0.05, 0) is 29.3 Å². The number of benzene rings is 3. The molecule has 0 spiro atoms. The Bertz CT molecular complexity index is 1010. The van der Waals surface area contributed by atoms with Crippen LogP contribution in [0.2, 0.25) is 0 Å². The molecule has 2 atom stereocenters. The molecule has 3 aromatic carbocycles. The largest absolute Gasteiger partial charge is 0.416 e. The van der Waals surface area contributed by atoms with Crippen LogP contribution in [0.25, 0.3) is 0 Å². The maximum absolute atomic E-state index is 13.2. The molecule has 0 bridgehead atoms. The van der Waals surface area contributed by atoms with Crippen LogP contribution >= 0.6 is 0 Å². The summed E-state index contributed by atoms with van der Waals surface area (Å²) in [6.07, 6.45) is -10.0. The first-order valence-electron chi connectivity index (χ1n) is 9.29. The molecular formula is C23H15F6NO. The molecule has 1 saturated heterocycles. The van der Waals surface area contributed by atoms with Crippen LogP contribution in [-0.2, 0) is 12.4 Å². The van der Waals surface area contributed by atoms with Gasteiger partial charge in [-0.3, -0.25) is 4.79 Å². The number of alkyl halides is 6. The van der Waals surface area contributed by atoms with Gasteiger partial charge in [0, 0.05) is 5.56 Å². The third-order valence-electron chi connectivity index (χ3n) is 5.16. The van der Waals surface area contributed by atoms with Crippen molar-refractivity contribution in [1.82, 2.24) is 4.90 Å². The molecule has 0 saturated carbocycles. The van der Waals surface area contributed by atoms with Crippen LogP contribution in [0.15, 0.2) is 78.9 Å². The minimum atomic E-state index is -5.02. The van der Waals surface area contributed by atoms with Crippen molar-refractivity contribution in [1.29, 1.82) is 0 Å². The van der Waals surface area contributed by atoms with Gasteiger partial charge >= 0.3 is 12.4 Å². The third kappa shape index (κ3) is 4.15. The molecule has 0 aliphatic carbocycles. The zero-order valence-corrected chi connectivity index (χ0v) is 15.8. The van der Waals surface area contributed by atoms with Crippen LogP contribution in [0.1, 0.15) is 44.7 Å². The first kappa shape index (κ1) is 21.0. The quantitative estimate of drug-likeness (QED) is 0.333. The monoisotopic (exact) mass is 435 g/mol. The fourth-order valence-corrected chi connectivity index (χ4v) is 3.70. The molecular weight excluding hydrogens is 420 g/mol. The van der Waals surface area contributed by atoms with E-state index in [-0.39, 0.29) is 6.07 Å². The number of amides is 1. The smallest absolute Gasteiger partial charge is 0.320 e. The van der Waals surface area contributed by atoms with E-state index in [4.69, 9.17) is 0 Å². The van der Waals surface area contributed by atoms with E-state index in [0.29, 0.717) is 12.1 Å². The van der Waals surface area contributed by atoms with Crippen LogP contribution in [0.5, 0.6) is 0 Å². The van der Waals surface area contributed by atoms with Gasteiger partial charge < -0.3 is 4.90 Å². The highest BCUT2D eigenvalue weighted by Gasteiger charge is 2.53. The number of halogens is 6. The van der Waals surface area contributed by atoms with Crippen LogP contribution in [-0.4, -0.2) is 10.8 Å². The van der Waals surface area contributed by atoms with Crippen molar-refractivity contribution in [3.05, 3.63) is 107 Å². The van der Waals surface area contributed by atoms with Crippen molar-refractivity contribution >= 4 is 5.91 Å². The fraction of sp³-hybridized carbons (Fsp3) is 0.174. The van der Waals surface area contributed by atoms with Crippen molar-refractivity contribution in [2.24, 2.45) is 0 Å². The molecule has 3 aromatic rings. The van der Waals surface area contributed by atoms with E-state index in [1.807, 2.05) is 0 Å². The van der Waals surface area contributed by atoms with E-state index in [2.05, 4.69) is 0 Å². The zero-order chi connectivity index (χ0) is 22.4. The summed E-state index contributed by atoms with van der Waals surface area (Å²) in [6.45, 7) is 0. The van der Waals surface area contributed by atoms with E-state index < -0.39 is 47.0 Å². The summed E-state index contributed by atoms with van der Waals surface area (Å²) in [5.74, 6) is -0.890. The molecule has 1 amide bonds. The predicted octanol–water partition coefficient (Wildman–Crippen LogP) is 6.66. The molecule has 0 unspecified atom stereocenters. The summed E-state index contributed by atoms with van der Waals surface area (Å²) in [4.78, 5) is 14.4. The van der Waals surface area contributed by atoms with Crippen molar-refractivity contribution in [3.63, 3.8) is 0 Å². The predicted molar refractivity (Wildman–Crippen MR) is 101 cm³/mol. The Morgan fingerprint density at radius 2 is 1.03 bits per heavy atom. The molecule has 1 aliphatic heterocycles. The van der Waals surface area contributed by atoms with E-state index in [9.17, 15) is 31.1 Å². The fourth-order valence-electron chi connectivity index (χ4n) is 3.70. The summed E-state index contributed by atoms with van der Waals surface area (Å²) in [5.41, 5.74) is -2.19. The van der Waals surface area contributed by atoms with Gasteiger partial charge in [-0.2, -0.15) is 26.3 Å². The van der Waals surface area contributed by atoms with Crippen LogP contribution in [0.4, 0.5) is 26.3 Å². The molecule has 4 rings (SSSR count). The molecule has 160 valence electrons. The number of carbonyl (C=O) groups excluding carboxylic acids is 1. The van der Waals surface area contributed by atoms with Gasteiger partial charge in [0.15, 0.2) is 0 Å². The average molecular weight is 435 g/mol. The van der Waals surface area contributed by atoms with E-state index in [1.165, 1.54) is 4.90 Å². The standard InChI is InChI=1S/C23H15F6NO/c24-22(25,26)17-11-16(12-18(13-17)23(27,28)29)21(31)30-19(14-7-3-1-4-8-14)20(30)15-9-5-2-6-10-15/h1-13,19-20H/t19-,20+,30?. The third-order valence-corrected chi connectivity index (χ3v) is 5.16. The minimum Gasteiger partial charge on any atom is -0.320 e. The maximum atomic E-state index is 13.2. The highest BCUT2D eigenvalue weighted by atomic mass is 19.4. The second-order valence-electron chi connectivity index (χ2n) is 7.22. The Balaban J connectivity index is 1.77. The first-order valence-corrected chi connectivity index (χ1v) is 9.29. The minimum absolute atomic E-state index is 0.0162. The van der Waals surface area contributed by atoms with Gasteiger partial charge in [-0.25, -0.2) is 0 Å². The van der Waals surface area contributed by atoms with E-state index in [1.54, 1.807) is 60.7 Å². The number of nitrogens with zero attached hydrogens (tertiary/aromatic N) is 1. The SMILES string of the molecule is O=C(c1cc(C(F)(F)F)cc(C(F)(F)F)c1)N1[C@H](c2ccccc2)[C@@H]1c1ccccc1. The molecule has 1 aliphatic rings. The molecule has 31 heavy (non-hydrogen) atoms. The van der Waals surface area contributed by atoms with Gasteiger partial charge in [0.25, 0.3) is 5.91 Å². The van der Waals surface area contributed by atoms with E-state index >= 15 is 0 Å². The highest BCUT2D eigenvalue weighted by Crippen LogP contribution is 2.55. The van der Waals surface area contributed by atoms with Crippen LogP contribution in [0, 0.1) is 0 Å². The number of hydrogen-bond acceptors (Lipinski definition) is 1. The lowest BCUT2D eigenvalue weighted by atomic mass is 10.0. The van der Waals surface area contributed by atoms with Gasteiger partial charge in [0.2, 0.25) is 0 Å². The highest BCUT2D eigenvalue weighted by molar-refractivity contribution is 5.97.